The number of nitrogens with one attached hydrogen (secondary N) is 1. The molecule has 0 saturated carbocycles. The van der Waals surface area contributed by atoms with Crippen LogP contribution in [0.1, 0.15) is 28.9 Å². The van der Waals surface area contributed by atoms with Crippen LogP contribution in [0.25, 0.3) is 10.9 Å². The SMILES string of the molecule is Cl.O=C1c2cccc3n[nH]c(c23)CCN1[C@@H]1CN2CCC1CC2. The van der Waals surface area contributed by atoms with Gasteiger partial charge in [0.1, 0.15) is 0 Å². The van der Waals surface area contributed by atoms with Gasteiger partial charge in [0.25, 0.3) is 5.91 Å². The van der Waals surface area contributed by atoms with Gasteiger partial charge in [-0.05, 0) is 44.0 Å². The Balaban J connectivity index is 0.00000135. The summed E-state index contributed by atoms with van der Waals surface area (Å²) in [5.74, 6) is 0.882. The Morgan fingerprint density at radius 1 is 1.17 bits per heavy atom. The van der Waals surface area contributed by atoms with E-state index in [1.807, 2.05) is 18.2 Å². The maximum Gasteiger partial charge on any atom is 0.254 e. The summed E-state index contributed by atoms with van der Waals surface area (Å²) in [6, 6.07) is 6.28. The minimum Gasteiger partial charge on any atom is -0.334 e. The number of carbonyl (C=O) groups excluding carboxylic acids is 1. The molecule has 3 fully saturated rings. The summed E-state index contributed by atoms with van der Waals surface area (Å²) in [5, 5.41) is 8.51. The molecule has 6 rings (SSSR count). The second-order valence-electron chi connectivity index (χ2n) is 6.86. The lowest BCUT2D eigenvalue weighted by Crippen LogP contribution is -2.58. The molecule has 4 aliphatic rings. The molecule has 0 aliphatic carbocycles. The van der Waals surface area contributed by atoms with E-state index in [9.17, 15) is 4.79 Å². The normalized spacial score (nSPS) is 29.5. The van der Waals surface area contributed by atoms with Gasteiger partial charge in [0.15, 0.2) is 0 Å². The molecule has 1 aromatic heterocycles. The number of amides is 1. The quantitative estimate of drug-likeness (QED) is 0.870. The molecule has 2 aromatic rings. The molecule has 6 heteroatoms. The molecule has 0 spiro atoms. The maximum absolute atomic E-state index is 13.2. The first-order valence-electron chi connectivity index (χ1n) is 8.30. The van der Waals surface area contributed by atoms with Crippen molar-refractivity contribution in [1.82, 2.24) is 20.0 Å². The summed E-state index contributed by atoms with van der Waals surface area (Å²) >= 11 is 0. The van der Waals surface area contributed by atoms with Crippen molar-refractivity contribution in [3.05, 3.63) is 29.5 Å². The molecule has 0 unspecified atom stereocenters. The minimum atomic E-state index is 0. The van der Waals surface area contributed by atoms with E-state index in [0.29, 0.717) is 12.0 Å². The van der Waals surface area contributed by atoms with Gasteiger partial charge in [-0.2, -0.15) is 5.10 Å². The van der Waals surface area contributed by atoms with Gasteiger partial charge < -0.3 is 9.80 Å². The average molecular weight is 333 g/mol. The highest BCUT2D eigenvalue weighted by Gasteiger charge is 2.40. The van der Waals surface area contributed by atoms with Gasteiger partial charge in [-0.1, -0.05) is 6.07 Å². The van der Waals surface area contributed by atoms with Crippen LogP contribution >= 0.6 is 12.4 Å². The summed E-state index contributed by atoms with van der Waals surface area (Å²) in [6.45, 7) is 4.28. The van der Waals surface area contributed by atoms with E-state index in [0.717, 1.165) is 41.7 Å². The maximum atomic E-state index is 13.2. The number of aromatic amines is 1. The molecule has 5 heterocycles. The number of rotatable bonds is 1. The van der Waals surface area contributed by atoms with Crippen LogP contribution in [0.15, 0.2) is 18.2 Å². The van der Waals surface area contributed by atoms with Gasteiger partial charge >= 0.3 is 0 Å². The number of aromatic nitrogens is 2. The predicted molar refractivity (Wildman–Crippen MR) is 91.0 cm³/mol. The first kappa shape index (κ1) is 15.0. The van der Waals surface area contributed by atoms with Crippen molar-refractivity contribution in [2.45, 2.75) is 25.3 Å². The number of hydrogen-bond acceptors (Lipinski definition) is 3. The monoisotopic (exact) mass is 332 g/mol. The van der Waals surface area contributed by atoms with Crippen LogP contribution in [0.4, 0.5) is 0 Å². The lowest BCUT2D eigenvalue weighted by atomic mass is 9.83. The molecule has 4 aliphatic heterocycles. The molecule has 1 aromatic carbocycles. The zero-order valence-electron chi connectivity index (χ0n) is 13.0. The number of carbonyl (C=O) groups is 1. The highest BCUT2D eigenvalue weighted by atomic mass is 35.5. The van der Waals surface area contributed by atoms with Crippen LogP contribution in [0.5, 0.6) is 0 Å². The van der Waals surface area contributed by atoms with E-state index in [-0.39, 0.29) is 18.3 Å². The number of fused-ring (bicyclic) bond motifs is 3. The van der Waals surface area contributed by atoms with Gasteiger partial charge in [0, 0.05) is 36.6 Å². The predicted octanol–water partition coefficient (Wildman–Crippen LogP) is 2.08. The van der Waals surface area contributed by atoms with E-state index in [1.165, 1.54) is 25.9 Å². The van der Waals surface area contributed by atoms with Crippen LogP contribution in [0.2, 0.25) is 0 Å². The van der Waals surface area contributed by atoms with Crippen LogP contribution in [0.3, 0.4) is 0 Å². The summed E-state index contributed by atoms with van der Waals surface area (Å²) in [5.41, 5.74) is 2.86. The fraction of sp³-hybridized carbons (Fsp3) is 0.529. The molecule has 1 amide bonds. The zero-order chi connectivity index (χ0) is 14.7. The molecule has 122 valence electrons. The van der Waals surface area contributed by atoms with Gasteiger partial charge in [-0.3, -0.25) is 9.89 Å². The third-order valence-corrected chi connectivity index (χ3v) is 5.77. The van der Waals surface area contributed by atoms with Gasteiger partial charge in [0.2, 0.25) is 0 Å². The Morgan fingerprint density at radius 3 is 2.74 bits per heavy atom. The Kier molecular flexibility index (Phi) is 3.58. The number of piperidine rings is 3. The first-order chi connectivity index (χ1) is 10.8. The summed E-state index contributed by atoms with van der Waals surface area (Å²) in [7, 11) is 0. The van der Waals surface area contributed by atoms with Crippen molar-refractivity contribution in [1.29, 1.82) is 0 Å². The van der Waals surface area contributed by atoms with Crippen LogP contribution < -0.4 is 0 Å². The fourth-order valence-corrected chi connectivity index (χ4v) is 4.59. The van der Waals surface area contributed by atoms with Crippen molar-refractivity contribution in [3.8, 4) is 0 Å². The molecular formula is C17H21ClN4O. The molecule has 1 N–H and O–H groups in total. The second kappa shape index (κ2) is 5.49. The molecule has 1 atom stereocenters. The molecule has 0 radical (unpaired) electrons. The van der Waals surface area contributed by atoms with Crippen molar-refractivity contribution < 1.29 is 4.79 Å². The van der Waals surface area contributed by atoms with Gasteiger partial charge in [0.05, 0.1) is 11.1 Å². The van der Waals surface area contributed by atoms with E-state index >= 15 is 0 Å². The topological polar surface area (TPSA) is 52.2 Å². The number of hydrogen-bond donors (Lipinski definition) is 1. The molecular weight excluding hydrogens is 312 g/mol. The van der Waals surface area contributed by atoms with Crippen molar-refractivity contribution in [2.24, 2.45) is 5.92 Å². The third kappa shape index (κ3) is 2.17. The average Bonchev–Trinajstić information content (AvgIpc) is 2.93. The van der Waals surface area contributed by atoms with Crippen molar-refractivity contribution in [2.75, 3.05) is 26.2 Å². The number of benzene rings is 1. The summed E-state index contributed by atoms with van der Waals surface area (Å²) < 4.78 is 0. The Bertz CT molecular complexity index is 750. The molecule has 3 saturated heterocycles. The lowest BCUT2D eigenvalue weighted by Gasteiger charge is -2.49. The third-order valence-electron chi connectivity index (χ3n) is 5.77. The van der Waals surface area contributed by atoms with Crippen LogP contribution in [-0.4, -0.2) is 58.1 Å². The van der Waals surface area contributed by atoms with E-state index in [4.69, 9.17) is 0 Å². The highest BCUT2D eigenvalue weighted by molar-refractivity contribution is 6.07. The fourth-order valence-electron chi connectivity index (χ4n) is 4.59. The molecule has 2 bridgehead atoms. The smallest absolute Gasteiger partial charge is 0.254 e. The van der Waals surface area contributed by atoms with Crippen LogP contribution in [-0.2, 0) is 6.42 Å². The van der Waals surface area contributed by atoms with Crippen LogP contribution in [0, 0.1) is 5.92 Å². The van der Waals surface area contributed by atoms with Crippen molar-refractivity contribution >= 4 is 29.2 Å². The molecule has 23 heavy (non-hydrogen) atoms. The summed E-state index contributed by atoms with van der Waals surface area (Å²) in [4.78, 5) is 17.8. The Hall–Kier alpha value is -1.59. The lowest BCUT2D eigenvalue weighted by molar-refractivity contribution is 0.00821. The van der Waals surface area contributed by atoms with Gasteiger partial charge in [-0.15, -0.1) is 12.4 Å². The number of halogens is 1. The van der Waals surface area contributed by atoms with E-state index < -0.39 is 0 Å². The van der Waals surface area contributed by atoms with Gasteiger partial charge in [-0.25, -0.2) is 0 Å². The largest absolute Gasteiger partial charge is 0.334 e. The van der Waals surface area contributed by atoms with Crippen molar-refractivity contribution in [3.63, 3.8) is 0 Å². The Morgan fingerprint density at radius 2 is 2.00 bits per heavy atom. The zero-order valence-corrected chi connectivity index (χ0v) is 13.8. The Labute approximate surface area is 141 Å². The second-order valence-corrected chi connectivity index (χ2v) is 6.86. The molecule has 5 nitrogen and oxygen atoms in total. The standard InChI is InChI=1S/C17H20N4O.ClH/c22-17-12-2-1-3-13-16(12)14(19-18-13)6-9-21(17)15-10-20-7-4-11(15)5-8-20;/h1-3,11,15H,4-10H2,(H,18,19);1H/t15-;/m1./s1. The van der Waals surface area contributed by atoms with E-state index in [1.54, 1.807) is 0 Å². The van der Waals surface area contributed by atoms with E-state index in [2.05, 4.69) is 20.0 Å². The number of nitrogens with zero attached hydrogens (tertiary/aromatic N) is 3. The highest BCUT2D eigenvalue weighted by Crippen LogP contribution is 2.34. The summed E-state index contributed by atoms with van der Waals surface area (Å²) in [6.07, 6.45) is 3.36. The first-order valence-corrected chi connectivity index (χ1v) is 8.30. The number of H-pyrrole nitrogens is 1. The minimum absolute atomic E-state index is 0.